The molecule has 4 aromatic rings. The lowest BCUT2D eigenvalue weighted by Gasteiger charge is -2.17. The molecule has 0 bridgehead atoms. The Balaban J connectivity index is 1.43. The second-order valence-corrected chi connectivity index (χ2v) is 9.45. The van der Waals surface area contributed by atoms with Crippen LogP contribution < -0.4 is 24.3 Å². The molecule has 0 aliphatic carbocycles. The van der Waals surface area contributed by atoms with Crippen LogP contribution in [0.1, 0.15) is 36.3 Å². The number of nitrogens with one attached hydrogen (secondary N) is 1. The maximum Gasteiger partial charge on any atom is 0.224 e. The summed E-state index contributed by atoms with van der Waals surface area (Å²) in [6, 6.07) is 19.1. The number of rotatable bonds is 14. The molecule has 3 aromatic carbocycles. The highest BCUT2D eigenvalue weighted by Gasteiger charge is 2.19. The van der Waals surface area contributed by atoms with Gasteiger partial charge in [0.15, 0.2) is 23.0 Å². The number of hydrogen-bond acceptors (Lipinski definition) is 6. The first-order valence-electron chi connectivity index (χ1n) is 13.3. The molecule has 1 heterocycles. The molecule has 8 nitrogen and oxygen atoms in total. The lowest BCUT2D eigenvalue weighted by molar-refractivity contribution is -0.121. The maximum atomic E-state index is 13.0. The first-order chi connectivity index (χ1) is 19.5. The van der Waals surface area contributed by atoms with E-state index in [9.17, 15) is 4.79 Å². The predicted octanol–water partition coefficient (Wildman–Crippen LogP) is 5.68. The molecule has 0 fully saturated rings. The fraction of sp³-hybridized carbons (Fsp3) is 0.312. The van der Waals surface area contributed by atoms with E-state index in [1.54, 1.807) is 27.4 Å². The first kappa shape index (κ1) is 28.5. The van der Waals surface area contributed by atoms with Gasteiger partial charge in [0.1, 0.15) is 5.82 Å². The van der Waals surface area contributed by atoms with Crippen LogP contribution in [0.4, 0.5) is 0 Å². The summed E-state index contributed by atoms with van der Waals surface area (Å²) in [4.78, 5) is 17.8. The van der Waals surface area contributed by atoms with Gasteiger partial charge in [0.2, 0.25) is 5.91 Å². The van der Waals surface area contributed by atoms with Gasteiger partial charge in [0.05, 0.1) is 51.4 Å². The molecule has 0 aliphatic heterocycles. The van der Waals surface area contributed by atoms with E-state index in [2.05, 4.69) is 16.5 Å². The number of para-hydroxylation sites is 2. The second kappa shape index (κ2) is 13.6. The summed E-state index contributed by atoms with van der Waals surface area (Å²) in [5.74, 6) is 3.33. The van der Waals surface area contributed by atoms with E-state index in [4.69, 9.17) is 23.9 Å². The summed E-state index contributed by atoms with van der Waals surface area (Å²) in [7, 11) is 4.81. The number of aromatic nitrogens is 2. The minimum atomic E-state index is -0.293. The van der Waals surface area contributed by atoms with Crippen molar-refractivity contribution in [1.29, 1.82) is 0 Å². The van der Waals surface area contributed by atoms with Crippen molar-refractivity contribution in [1.82, 2.24) is 14.9 Å². The summed E-state index contributed by atoms with van der Waals surface area (Å²) < 4.78 is 24.4. The smallest absolute Gasteiger partial charge is 0.224 e. The van der Waals surface area contributed by atoms with E-state index >= 15 is 0 Å². The number of ether oxygens (including phenoxy) is 4. The molecule has 1 N–H and O–H groups in total. The number of methoxy groups -OCH3 is 3. The van der Waals surface area contributed by atoms with Gasteiger partial charge in [-0.05, 0) is 67.3 Å². The molecule has 8 heteroatoms. The molecule has 0 aliphatic rings. The lowest BCUT2D eigenvalue weighted by Crippen LogP contribution is -2.30. The highest BCUT2D eigenvalue weighted by atomic mass is 16.5. The average Bonchev–Trinajstić information content (AvgIpc) is 3.34. The number of fused-ring (bicyclic) bond motifs is 1. The molecule has 1 unspecified atom stereocenters. The van der Waals surface area contributed by atoms with Crippen LogP contribution in [0, 0.1) is 0 Å². The van der Waals surface area contributed by atoms with E-state index in [1.807, 2.05) is 67.6 Å². The monoisotopic (exact) mass is 543 g/mol. The molecular formula is C32H37N3O5. The molecule has 40 heavy (non-hydrogen) atoms. The van der Waals surface area contributed by atoms with Gasteiger partial charge in [-0.15, -0.1) is 6.58 Å². The Labute approximate surface area is 235 Å². The number of nitrogens with zero attached hydrogens (tertiary/aromatic N) is 2. The van der Waals surface area contributed by atoms with Crippen LogP contribution in [0.3, 0.4) is 0 Å². The van der Waals surface area contributed by atoms with Crippen LogP contribution in [0.2, 0.25) is 0 Å². The zero-order valence-corrected chi connectivity index (χ0v) is 23.6. The summed E-state index contributed by atoms with van der Waals surface area (Å²) in [6.45, 7) is 6.94. The third kappa shape index (κ3) is 6.75. The minimum absolute atomic E-state index is 0.103. The number of carbonyl (C=O) groups is 1. The number of carbonyl (C=O) groups excluding carboxylic acids is 1. The first-order valence-corrected chi connectivity index (χ1v) is 13.3. The molecule has 1 aromatic heterocycles. The van der Waals surface area contributed by atoms with Gasteiger partial charge in [-0.25, -0.2) is 4.98 Å². The molecule has 0 saturated heterocycles. The van der Waals surface area contributed by atoms with E-state index < -0.39 is 0 Å². The quantitative estimate of drug-likeness (QED) is 0.163. The number of aryl methyl sites for hydroxylation is 1. The van der Waals surface area contributed by atoms with Crippen molar-refractivity contribution in [3.8, 4) is 23.0 Å². The van der Waals surface area contributed by atoms with Crippen molar-refractivity contribution >= 4 is 16.9 Å². The van der Waals surface area contributed by atoms with Crippen LogP contribution in [-0.2, 0) is 24.2 Å². The standard InChI is InChI=1S/C32H37N3O5/c1-6-10-23-13-16-28(30(19-23)39-5)40-18-9-17-35-26-12-8-7-11-25(26)34-32(35)22(2)33-31(36)21-24-14-15-27(37-3)29(20-24)38-4/h6-8,11-16,19-20,22H,1,9-10,17-18,21H2,2-5H3,(H,33,36). The summed E-state index contributed by atoms with van der Waals surface area (Å²) in [5, 5.41) is 3.11. The van der Waals surface area contributed by atoms with Crippen LogP contribution in [-0.4, -0.2) is 43.4 Å². The van der Waals surface area contributed by atoms with Gasteiger partial charge in [-0.1, -0.05) is 30.3 Å². The summed E-state index contributed by atoms with van der Waals surface area (Å²) >= 11 is 0. The largest absolute Gasteiger partial charge is 0.493 e. The minimum Gasteiger partial charge on any atom is -0.493 e. The maximum absolute atomic E-state index is 13.0. The van der Waals surface area contributed by atoms with Crippen molar-refractivity contribution < 1.29 is 23.7 Å². The fourth-order valence-electron chi connectivity index (χ4n) is 4.72. The van der Waals surface area contributed by atoms with Gasteiger partial charge in [-0.2, -0.15) is 0 Å². The highest BCUT2D eigenvalue weighted by molar-refractivity contribution is 5.80. The highest BCUT2D eigenvalue weighted by Crippen LogP contribution is 2.29. The topological polar surface area (TPSA) is 83.8 Å². The van der Waals surface area contributed by atoms with Crippen molar-refractivity contribution in [3.05, 3.63) is 90.3 Å². The normalized spacial score (nSPS) is 11.6. The van der Waals surface area contributed by atoms with Gasteiger partial charge < -0.3 is 28.8 Å². The molecule has 1 atom stereocenters. The van der Waals surface area contributed by atoms with Crippen LogP contribution in [0.5, 0.6) is 23.0 Å². The Kier molecular flexibility index (Phi) is 9.67. The van der Waals surface area contributed by atoms with Crippen molar-refractivity contribution in [2.24, 2.45) is 0 Å². The Morgan fingerprint density at radius 1 is 0.950 bits per heavy atom. The Bertz CT molecular complexity index is 1460. The Morgan fingerprint density at radius 3 is 2.38 bits per heavy atom. The Morgan fingerprint density at radius 2 is 1.62 bits per heavy atom. The molecular weight excluding hydrogens is 506 g/mol. The molecule has 0 radical (unpaired) electrons. The van der Waals surface area contributed by atoms with Crippen molar-refractivity contribution in [2.45, 2.75) is 38.8 Å². The Hall–Kier alpha value is -4.46. The molecule has 0 saturated carbocycles. The molecule has 1 amide bonds. The van der Waals surface area contributed by atoms with Gasteiger partial charge in [0.25, 0.3) is 0 Å². The average molecular weight is 544 g/mol. The van der Waals surface area contributed by atoms with E-state index in [1.165, 1.54) is 0 Å². The fourth-order valence-corrected chi connectivity index (χ4v) is 4.72. The molecule has 0 spiro atoms. The zero-order chi connectivity index (χ0) is 28.5. The predicted molar refractivity (Wildman–Crippen MR) is 157 cm³/mol. The number of allylic oxidation sites excluding steroid dienone is 1. The lowest BCUT2D eigenvalue weighted by atomic mass is 10.1. The number of benzene rings is 3. The van der Waals surface area contributed by atoms with Gasteiger partial charge >= 0.3 is 0 Å². The van der Waals surface area contributed by atoms with Gasteiger partial charge in [-0.3, -0.25) is 4.79 Å². The van der Waals surface area contributed by atoms with Crippen LogP contribution in [0.25, 0.3) is 11.0 Å². The van der Waals surface area contributed by atoms with Crippen molar-refractivity contribution in [2.75, 3.05) is 27.9 Å². The number of amides is 1. The third-order valence-electron chi connectivity index (χ3n) is 6.65. The summed E-state index contributed by atoms with van der Waals surface area (Å²) in [6.07, 6.45) is 3.60. The van der Waals surface area contributed by atoms with E-state index in [0.717, 1.165) is 40.8 Å². The molecule has 4 rings (SSSR count). The summed E-state index contributed by atoms with van der Waals surface area (Å²) in [5.41, 5.74) is 3.86. The van der Waals surface area contributed by atoms with Crippen LogP contribution in [0.15, 0.2) is 73.3 Å². The number of imidazole rings is 1. The van der Waals surface area contributed by atoms with E-state index in [-0.39, 0.29) is 18.4 Å². The second-order valence-electron chi connectivity index (χ2n) is 9.45. The SMILES string of the molecule is C=CCc1ccc(OCCCn2c(C(C)NC(=O)Cc3ccc(OC)c(OC)c3)nc3ccccc32)c(OC)c1. The third-order valence-corrected chi connectivity index (χ3v) is 6.65. The van der Waals surface area contributed by atoms with E-state index in [0.29, 0.717) is 36.1 Å². The zero-order valence-electron chi connectivity index (χ0n) is 23.6. The van der Waals surface area contributed by atoms with Crippen molar-refractivity contribution in [3.63, 3.8) is 0 Å². The van der Waals surface area contributed by atoms with Crippen LogP contribution >= 0.6 is 0 Å². The molecule has 210 valence electrons. The number of hydrogen-bond donors (Lipinski definition) is 1. The van der Waals surface area contributed by atoms with Gasteiger partial charge in [0, 0.05) is 6.54 Å².